The molecule has 1 aromatic heterocycles. The summed E-state index contributed by atoms with van der Waals surface area (Å²) in [6.07, 6.45) is 5.90. The fraction of sp³-hybridized carbons (Fsp3) is 0.611. The Balaban J connectivity index is 1.41. The van der Waals surface area contributed by atoms with Crippen LogP contribution < -0.4 is 4.90 Å². The van der Waals surface area contributed by atoms with Crippen molar-refractivity contribution in [1.82, 2.24) is 20.2 Å². The summed E-state index contributed by atoms with van der Waals surface area (Å²) in [5.74, 6) is 0.608. The van der Waals surface area contributed by atoms with Crippen LogP contribution in [0.25, 0.3) is 0 Å². The van der Waals surface area contributed by atoms with Gasteiger partial charge in [-0.05, 0) is 29.3 Å². The Bertz CT molecular complexity index is 720. The van der Waals surface area contributed by atoms with Crippen molar-refractivity contribution in [3.05, 3.63) is 41.5 Å². The van der Waals surface area contributed by atoms with Crippen LogP contribution in [0.4, 0.5) is 4.39 Å². The Kier molecular flexibility index (Phi) is 4.52. The molecule has 0 radical (unpaired) electrons. The number of tetrazole rings is 1. The molecule has 0 bridgehead atoms. The Morgan fingerprint density at radius 2 is 1.92 bits per heavy atom. The zero-order valence-corrected chi connectivity index (χ0v) is 14.4. The fourth-order valence-corrected chi connectivity index (χ4v) is 4.29. The van der Waals surface area contributed by atoms with Crippen LogP contribution in [0.3, 0.4) is 0 Å². The number of aliphatic hydroxyl groups is 1. The largest absolute Gasteiger partial charge is 0.385 e. The third-order valence-corrected chi connectivity index (χ3v) is 5.80. The molecular weight excluding hydrogens is 321 g/mol. The molecule has 0 spiro atoms. The van der Waals surface area contributed by atoms with Gasteiger partial charge in [0.25, 0.3) is 0 Å². The van der Waals surface area contributed by atoms with Gasteiger partial charge in [-0.1, -0.05) is 31.0 Å². The monoisotopic (exact) mass is 346 g/mol. The van der Waals surface area contributed by atoms with Crippen molar-refractivity contribution in [2.24, 2.45) is 0 Å². The summed E-state index contributed by atoms with van der Waals surface area (Å²) < 4.78 is 16.0. The van der Waals surface area contributed by atoms with E-state index in [9.17, 15) is 9.50 Å². The van der Waals surface area contributed by atoms with E-state index in [0.29, 0.717) is 24.4 Å². The van der Waals surface area contributed by atoms with E-state index in [1.54, 1.807) is 18.2 Å². The number of quaternary nitrogens is 1. The van der Waals surface area contributed by atoms with Crippen molar-refractivity contribution in [2.45, 2.75) is 56.7 Å². The Hall–Kier alpha value is -1.86. The summed E-state index contributed by atoms with van der Waals surface area (Å²) in [6.45, 7) is 2.32. The van der Waals surface area contributed by atoms with Crippen LogP contribution in [0.5, 0.6) is 0 Å². The second-order valence-corrected chi connectivity index (χ2v) is 7.42. The normalized spacial score (nSPS) is 27.7. The second kappa shape index (κ2) is 6.80. The highest BCUT2D eigenvalue weighted by Gasteiger charge is 2.38. The molecule has 2 heterocycles. The highest BCUT2D eigenvalue weighted by atomic mass is 19.1. The molecule has 0 atom stereocenters. The minimum Gasteiger partial charge on any atom is -0.385 e. The van der Waals surface area contributed by atoms with E-state index in [0.717, 1.165) is 38.3 Å². The van der Waals surface area contributed by atoms with E-state index < -0.39 is 5.60 Å². The third kappa shape index (κ3) is 3.30. The number of aromatic nitrogens is 4. The smallest absolute Gasteiger partial charge is 0.206 e. The zero-order valence-electron chi connectivity index (χ0n) is 14.4. The molecule has 2 fully saturated rings. The van der Waals surface area contributed by atoms with Crippen LogP contribution in [-0.4, -0.2) is 38.4 Å². The van der Waals surface area contributed by atoms with Gasteiger partial charge >= 0.3 is 0 Å². The van der Waals surface area contributed by atoms with E-state index in [4.69, 9.17) is 0 Å². The number of nitrogens with one attached hydrogen (secondary N) is 1. The van der Waals surface area contributed by atoms with E-state index in [1.165, 1.54) is 23.8 Å². The first kappa shape index (κ1) is 16.6. The number of piperidine rings is 1. The third-order valence-electron chi connectivity index (χ3n) is 5.80. The average molecular weight is 346 g/mol. The molecule has 0 amide bonds. The van der Waals surface area contributed by atoms with Crippen LogP contribution >= 0.6 is 0 Å². The highest BCUT2D eigenvalue weighted by molar-refractivity contribution is 5.24. The number of halogens is 1. The van der Waals surface area contributed by atoms with Crippen molar-refractivity contribution in [3.63, 3.8) is 0 Å². The minimum atomic E-state index is -1.06. The molecule has 0 unspecified atom stereocenters. The van der Waals surface area contributed by atoms with Crippen LogP contribution in [0.1, 0.15) is 56.0 Å². The van der Waals surface area contributed by atoms with Gasteiger partial charge in [0.2, 0.25) is 5.82 Å². The molecule has 4 rings (SSSR count). The molecule has 2 aliphatic rings. The maximum Gasteiger partial charge on any atom is 0.206 e. The molecule has 2 N–H and O–H groups in total. The number of likely N-dealkylation sites (tertiary alicyclic amines) is 1. The molecule has 1 saturated heterocycles. The lowest BCUT2D eigenvalue weighted by molar-refractivity contribution is -0.922. The SMILES string of the molecule is OC1(c2ccccc2F)CC[NH+](Cc2nnnn2C2CCCC2)CC1. The van der Waals surface area contributed by atoms with Crippen molar-refractivity contribution in [1.29, 1.82) is 0 Å². The summed E-state index contributed by atoms with van der Waals surface area (Å²) in [5, 5.41) is 23.2. The average Bonchev–Trinajstić information content (AvgIpc) is 3.29. The first-order valence-corrected chi connectivity index (χ1v) is 9.23. The Morgan fingerprint density at radius 1 is 1.20 bits per heavy atom. The predicted octanol–water partition coefficient (Wildman–Crippen LogP) is 0.994. The van der Waals surface area contributed by atoms with E-state index in [2.05, 4.69) is 15.5 Å². The van der Waals surface area contributed by atoms with Gasteiger partial charge in [0.1, 0.15) is 18.0 Å². The fourth-order valence-electron chi connectivity index (χ4n) is 4.29. The molecule has 1 aromatic carbocycles. The van der Waals surface area contributed by atoms with Crippen LogP contribution in [0, 0.1) is 5.82 Å². The van der Waals surface area contributed by atoms with E-state index >= 15 is 0 Å². The molecule has 6 nitrogen and oxygen atoms in total. The molecule has 7 heteroatoms. The lowest BCUT2D eigenvalue weighted by Gasteiger charge is -2.36. The molecule has 1 aliphatic carbocycles. The lowest BCUT2D eigenvalue weighted by Crippen LogP contribution is -3.12. The zero-order chi connectivity index (χ0) is 17.3. The highest BCUT2D eigenvalue weighted by Crippen LogP contribution is 2.31. The van der Waals surface area contributed by atoms with E-state index in [-0.39, 0.29) is 5.82 Å². The quantitative estimate of drug-likeness (QED) is 0.866. The summed E-state index contributed by atoms with van der Waals surface area (Å²) in [7, 11) is 0. The molecule has 134 valence electrons. The summed E-state index contributed by atoms with van der Waals surface area (Å²) in [4.78, 5) is 1.34. The Morgan fingerprint density at radius 3 is 2.64 bits per heavy atom. The topological polar surface area (TPSA) is 68.3 Å². The standard InChI is InChI=1S/C18H24FN5O/c19-16-8-4-3-7-15(16)18(25)9-11-23(12-10-18)13-17-20-21-22-24(17)14-5-1-2-6-14/h3-4,7-8,14,25H,1-2,5-6,9-13H2/p+1. The van der Waals surface area contributed by atoms with Crippen LogP contribution in [0.15, 0.2) is 24.3 Å². The second-order valence-electron chi connectivity index (χ2n) is 7.42. The first-order valence-electron chi connectivity index (χ1n) is 9.23. The summed E-state index contributed by atoms with van der Waals surface area (Å²) in [5.41, 5.74) is -0.642. The number of hydrogen-bond donors (Lipinski definition) is 2. The number of hydrogen-bond acceptors (Lipinski definition) is 4. The number of benzene rings is 1. The van der Waals surface area contributed by atoms with Gasteiger partial charge in [0.05, 0.1) is 19.1 Å². The minimum absolute atomic E-state index is 0.321. The predicted molar refractivity (Wildman–Crippen MR) is 89.3 cm³/mol. The molecule has 1 saturated carbocycles. The van der Waals surface area contributed by atoms with Gasteiger partial charge in [-0.2, -0.15) is 0 Å². The summed E-state index contributed by atoms with van der Waals surface area (Å²) in [6, 6.07) is 6.99. The van der Waals surface area contributed by atoms with Crippen molar-refractivity contribution in [2.75, 3.05) is 13.1 Å². The van der Waals surface area contributed by atoms with Crippen LogP contribution in [-0.2, 0) is 12.1 Å². The molecule has 25 heavy (non-hydrogen) atoms. The van der Waals surface area contributed by atoms with Crippen molar-refractivity contribution < 1.29 is 14.4 Å². The summed E-state index contributed by atoms with van der Waals surface area (Å²) >= 11 is 0. The number of nitrogens with zero attached hydrogens (tertiary/aromatic N) is 4. The first-order chi connectivity index (χ1) is 12.2. The molecular formula is C18H25FN5O+. The van der Waals surface area contributed by atoms with Gasteiger partial charge in [0.15, 0.2) is 0 Å². The van der Waals surface area contributed by atoms with Crippen molar-refractivity contribution in [3.8, 4) is 0 Å². The van der Waals surface area contributed by atoms with Gasteiger partial charge in [0, 0.05) is 18.4 Å². The van der Waals surface area contributed by atoms with E-state index in [1.807, 2.05) is 4.68 Å². The number of rotatable bonds is 4. The van der Waals surface area contributed by atoms with Crippen molar-refractivity contribution >= 4 is 0 Å². The molecule has 1 aliphatic heterocycles. The van der Waals surface area contributed by atoms with Gasteiger partial charge in [-0.15, -0.1) is 5.10 Å². The van der Waals surface area contributed by atoms with Gasteiger partial charge in [-0.3, -0.25) is 0 Å². The lowest BCUT2D eigenvalue weighted by atomic mass is 9.84. The van der Waals surface area contributed by atoms with Crippen LogP contribution in [0.2, 0.25) is 0 Å². The van der Waals surface area contributed by atoms with Gasteiger partial charge in [-0.25, -0.2) is 9.07 Å². The van der Waals surface area contributed by atoms with Gasteiger partial charge < -0.3 is 10.0 Å². The Labute approximate surface area is 146 Å². The molecule has 2 aromatic rings. The maximum absolute atomic E-state index is 14.1. The maximum atomic E-state index is 14.1.